The van der Waals surface area contributed by atoms with Crippen LogP contribution < -0.4 is 10.3 Å². The minimum Gasteiger partial charge on any atom is -0.471 e. The van der Waals surface area contributed by atoms with Crippen LogP contribution in [-0.4, -0.2) is 50.2 Å². The first-order valence-corrected chi connectivity index (χ1v) is 28.9. The maximum atomic E-state index is 13.8. The number of halogens is 2. The highest BCUT2D eigenvalue weighted by Gasteiger charge is 2.44. The maximum Gasteiger partial charge on any atom is 0.282 e. The number of hydrogen-bond donors (Lipinski definition) is 0. The summed E-state index contributed by atoms with van der Waals surface area (Å²) < 4.78 is 12.4. The van der Waals surface area contributed by atoms with Crippen LogP contribution in [0.4, 0.5) is 0 Å². The van der Waals surface area contributed by atoms with Crippen molar-refractivity contribution in [2.75, 3.05) is 0 Å². The molecule has 0 radical (unpaired) electrons. The number of ether oxygens (including phenoxy) is 1. The van der Waals surface area contributed by atoms with Crippen LogP contribution >= 0.6 is 31.9 Å². The summed E-state index contributed by atoms with van der Waals surface area (Å²) >= 11 is 7.13. The Balaban J connectivity index is 0.764. The highest BCUT2D eigenvalue weighted by atomic mass is 79.9. The van der Waals surface area contributed by atoms with Crippen molar-refractivity contribution in [2.45, 2.75) is 24.2 Å². The first-order chi connectivity index (χ1) is 41.4. The molecule has 0 bridgehead atoms. The Hall–Kier alpha value is -10.0. The van der Waals surface area contributed by atoms with Gasteiger partial charge in [-0.05, 0) is 119 Å². The first-order valence-electron chi connectivity index (χ1n) is 27.3. The highest BCUT2D eigenvalue weighted by Crippen LogP contribution is 2.46. The molecule has 0 amide bonds. The molecular weight excluding hydrogens is 1170 g/mol. The summed E-state index contributed by atoms with van der Waals surface area (Å²) in [5.41, 5.74) is 11.2. The Kier molecular flexibility index (Phi) is 14.9. The zero-order valence-electron chi connectivity index (χ0n) is 45.0. The molecule has 0 fully saturated rings. The number of hydrogen-bond acceptors (Lipinski definition) is 9. The molecule has 13 rings (SSSR count). The van der Waals surface area contributed by atoms with Crippen LogP contribution in [0.25, 0.3) is 45.0 Å². The normalized spacial score (nSPS) is 11.6. The number of rotatable bonds is 17. The smallest absolute Gasteiger partial charge is 0.282 e. The molecule has 0 saturated heterocycles. The maximum absolute atomic E-state index is 13.8. The summed E-state index contributed by atoms with van der Waals surface area (Å²) in [6.45, 7) is 0.375. The third-order valence-corrected chi connectivity index (χ3v) is 17.3. The number of nitrogens with zero attached hydrogens (tertiary/aromatic N) is 10. The summed E-state index contributed by atoms with van der Waals surface area (Å²) in [6.07, 6.45) is 0. The molecule has 0 spiro atoms. The van der Waals surface area contributed by atoms with Gasteiger partial charge in [0.1, 0.15) is 26.6 Å². The van der Waals surface area contributed by atoms with Gasteiger partial charge in [0.05, 0.1) is 6.54 Å². The van der Waals surface area contributed by atoms with E-state index in [1.807, 2.05) is 131 Å². The zero-order chi connectivity index (χ0) is 56.9. The quantitative estimate of drug-likeness (QED) is 0.0818. The van der Waals surface area contributed by atoms with Gasteiger partial charge < -0.3 is 4.74 Å². The van der Waals surface area contributed by atoms with Crippen molar-refractivity contribution in [3.05, 3.63) is 343 Å². The van der Waals surface area contributed by atoms with Gasteiger partial charge in [-0.25, -0.2) is 14.0 Å². The fourth-order valence-corrected chi connectivity index (χ4v) is 12.2. The molecular formula is C70H50Br2N10O2. The van der Waals surface area contributed by atoms with Crippen molar-refractivity contribution in [2.24, 2.45) is 0 Å². The number of aromatic nitrogens is 10. The van der Waals surface area contributed by atoms with Crippen LogP contribution in [0.15, 0.2) is 293 Å². The van der Waals surface area contributed by atoms with Crippen molar-refractivity contribution in [3.63, 3.8) is 0 Å². The van der Waals surface area contributed by atoms with Crippen LogP contribution in [0.5, 0.6) is 5.88 Å². The second-order valence-corrected chi connectivity index (χ2v) is 21.7. The van der Waals surface area contributed by atoms with Crippen LogP contribution in [0.3, 0.4) is 0 Å². The van der Waals surface area contributed by atoms with Crippen molar-refractivity contribution >= 4 is 31.9 Å². The minimum atomic E-state index is -0.923. The van der Waals surface area contributed by atoms with Crippen molar-refractivity contribution in [1.82, 2.24) is 50.2 Å². The van der Waals surface area contributed by atoms with E-state index in [9.17, 15) is 4.79 Å². The molecule has 0 unspecified atom stereocenters. The lowest BCUT2D eigenvalue weighted by Crippen LogP contribution is -2.39. The second kappa shape index (κ2) is 23.5. The highest BCUT2D eigenvalue weighted by molar-refractivity contribution is 9.13. The lowest BCUT2D eigenvalue weighted by molar-refractivity contribution is 0.281. The minimum absolute atomic E-state index is 0.185. The third-order valence-electron chi connectivity index (χ3n) is 15.3. The Morgan fingerprint density at radius 3 is 1.05 bits per heavy atom. The van der Waals surface area contributed by atoms with Gasteiger partial charge in [-0.3, -0.25) is 4.79 Å². The van der Waals surface area contributed by atoms with Gasteiger partial charge in [-0.1, -0.05) is 279 Å². The van der Waals surface area contributed by atoms with Crippen LogP contribution in [0.2, 0.25) is 0 Å². The van der Waals surface area contributed by atoms with E-state index in [2.05, 4.69) is 200 Å². The van der Waals surface area contributed by atoms with Gasteiger partial charge in [-0.2, -0.15) is 0 Å². The Bertz CT molecular complexity index is 4240. The number of tetrazole rings is 2. The van der Waals surface area contributed by atoms with Crippen LogP contribution in [0.1, 0.15) is 44.5 Å². The van der Waals surface area contributed by atoms with Crippen molar-refractivity contribution < 1.29 is 4.74 Å². The molecule has 0 saturated carbocycles. The molecule has 14 heteroatoms. The summed E-state index contributed by atoms with van der Waals surface area (Å²) in [4.78, 5) is 13.8. The van der Waals surface area contributed by atoms with E-state index in [1.165, 1.54) is 4.68 Å². The Morgan fingerprint density at radius 1 is 0.369 bits per heavy atom. The predicted octanol–water partition coefficient (Wildman–Crippen LogP) is 14.7. The molecule has 10 aromatic carbocycles. The molecule has 0 aliphatic heterocycles. The average Bonchev–Trinajstić information content (AvgIpc) is 2.55. The molecule has 0 aliphatic carbocycles. The van der Waals surface area contributed by atoms with Crippen LogP contribution in [-0.2, 0) is 24.2 Å². The lowest BCUT2D eigenvalue weighted by atomic mass is 9.77. The summed E-state index contributed by atoms with van der Waals surface area (Å²) in [6, 6.07) is 94.9. The molecule has 3 heterocycles. The van der Waals surface area contributed by atoms with E-state index < -0.39 is 11.1 Å². The lowest BCUT2D eigenvalue weighted by Gasteiger charge is -2.36. The van der Waals surface area contributed by atoms with Gasteiger partial charge >= 0.3 is 0 Å². The van der Waals surface area contributed by atoms with Crippen molar-refractivity contribution in [1.29, 1.82) is 0 Å². The van der Waals surface area contributed by atoms with Crippen LogP contribution in [0, 0.1) is 0 Å². The van der Waals surface area contributed by atoms with Crippen molar-refractivity contribution in [3.8, 4) is 50.9 Å². The molecule has 12 nitrogen and oxygen atoms in total. The largest absolute Gasteiger partial charge is 0.471 e. The monoisotopic (exact) mass is 1220 g/mol. The van der Waals surface area contributed by atoms with Gasteiger partial charge in [0.25, 0.3) is 5.56 Å². The van der Waals surface area contributed by atoms with E-state index in [0.717, 1.165) is 77.9 Å². The van der Waals surface area contributed by atoms with E-state index in [-0.39, 0.29) is 24.6 Å². The Morgan fingerprint density at radius 2 is 0.690 bits per heavy atom. The number of benzene rings is 10. The second-order valence-electron chi connectivity index (χ2n) is 20.1. The van der Waals surface area contributed by atoms with Gasteiger partial charge in [-0.15, -0.1) is 15.3 Å². The van der Waals surface area contributed by atoms with E-state index in [0.29, 0.717) is 20.6 Å². The molecule has 0 N–H and O–H groups in total. The Labute approximate surface area is 501 Å². The standard InChI is InChI=1S/C70H50Br2N10O2/c71-63-64(72)68(83)80(47-49-39-43-51(44-40-49)59-35-19-21-37-61(59)65-73-76-78-81(65)69(53-23-7-1-8-24-53,54-25-9-2-10-26-54)55-27-11-3-12-28-55)75-67(63)84-48-50-41-45-52(46-42-50)60-36-20-22-38-62(60)66-74-77-79-82(66)70(56-29-13-4-14-30-56,57-31-15-5-16-32-57)58-33-17-6-18-34-58/h1-46H,47-48H2. The summed E-state index contributed by atoms with van der Waals surface area (Å²) in [7, 11) is 0. The van der Waals surface area contributed by atoms with E-state index >= 15 is 0 Å². The SMILES string of the molecule is O=c1c(Br)c(Br)c(OCc2ccc(-c3ccccc3-c3nnnn3C(c3ccccc3)(c3ccccc3)c3ccccc3)cc2)nn1Cc1ccc(-c2ccccc2-c2nnnn2C(c2ccccc2)(c2ccccc2)c2ccccc2)cc1. The first kappa shape index (κ1) is 53.3. The average molecular weight is 1220 g/mol. The molecule has 0 aliphatic rings. The fraction of sp³-hybridized carbons (Fsp3) is 0.0571. The topological polar surface area (TPSA) is 131 Å². The van der Waals surface area contributed by atoms with Gasteiger partial charge in [0, 0.05) is 11.1 Å². The molecule has 406 valence electrons. The summed E-state index contributed by atoms with van der Waals surface area (Å²) in [5.74, 6) is 1.47. The zero-order valence-corrected chi connectivity index (χ0v) is 48.2. The van der Waals surface area contributed by atoms with Gasteiger partial charge in [0.2, 0.25) is 5.88 Å². The van der Waals surface area contributed by atoms with Gasteiger partial charge in [0.15, 0.2) is 11.6 Å². The third kappa shape index (κ3) is 9.74. The predicted molar refractivity (Wildman–Crippen MR) is 334 cm³/mol. The summed E-state index contributed by atoms with van der Waals surface area (Å²) in [5, 5.41) is 32.5. The fourth-order valence-electron chi connectivity index (χ4n) is 11.4. The molecule has 3 aromatic heterocycles. The van der Waals surface area contributed by atoms with E-state index in [4.69, 9.17) is 30.5 Å². The van der Waals surface area contributed by atoms with E-state index in [1.54, 1.807) is 0 Å². The molecule has 84 heavy (non-hydrogen) atoms. The molecule has 13 aromatic rings. The molecule has 0 atom stereocenters.